The molecule has 0 saturated carbocycles. The topological polar surface area (TPSA) is 90.3 Å². The molecule has 7 heteroatoms. The third-order valence-corrected chi connectivity index (χ3v) is 4.65. The van der Waals surface area contributed by atoms with E-state index in [4.69, 9.17) is 4.74 Å². The molecule has 0 aliphatic carbocycles. The second-order valence-corrected chi connectivity index (χ2v) is 6.94. The van der Waals surface area contributed by atoms with Gasteiger partial charge in [0.05, 0.1) is 17.3 Å². The Hall–Kier alpha value is -3.48. The number of hydrogen-bond donors (Lipinski definition) is 1. The molecule has 1 N–H and O–H groups in total. The Bertz CT molecular complexity index is 1130. The highest BCUT2D eigenvalue weighted by Gasteiger charge is 2.12. The van der Waals surface area contributed by atoms with Gasteiger partial charge < -0.3 is 10.1 Å². The van der Waals surface area contributed by atoms with Crippen molar-refractivity contribution < 1.29 is 14.3 Å². The lowest BCUT2D eigenvalue weighted by molar-refractivity contribution is -0.147. The van der Waals surface area contributed by atoms with E-state index in [1.54, 1.807) is 31.3 Å². The van der Waals surface area contributed by atoms with Gasteiger partial charge >= 0.3 is 5.97 Å². The van der Waals surface area contributed by atoms with Crippen LogP contribution in [-0.4, -0.2) is 28.0 Å². The molecule has 0 aliphatic rings. The molecule has 1 aromatic heterocycles. The minimum absolute atomic E-state index is 0.0233. The predicted molar refractivity (Wildman–Crippen MR) is 111 cm³/mol. The van der Waals surface area contributed by atoms with Crippen LogP contribution in [0.5, 0.6) is 0 Å². The van der Waals surface area contributed by atoms with Crippen LogP contribution in [0.4, 0.5) is 5.69 Å². The van der Waals surface area contributed by atoms with E-state index >= 15 is 0 Å². The second-order valence-electron chi connectivity index (χ2n) is 6.94. The highest BCUT2D eigenvalue weighted by Crippen LogP contribution is 2.15. The molecular formula is C22H23N3O4. The molecule has 3 aromatic rings. The Kier molecular flexibility index (Phi) is 6.07. The molecule has 1 amide bonds. The number of carbonyl (C=O) groups is 2. The Labute approximate surface area is 168 Å². The minimum atomic E-state index is -0.525. The smallest absolute Gasteiger partial charge is 0.306 e. The quantitative estimate of drug-likeness (QED) is 0.650. The molecule has 0 aliphatic heterocycles. The van der Waals surface area contributed by atoms with Crippen LogP contribution >= 0.6 is 0 Å². The SMILES string of the molecule is Cc1ccc(NC(=O)COC(=O)CCc2nc3ccccc3c(=O)n2C)c(C)c1. The van der Waals surface area contributed by atoms with Crippen LogP contribution in [0.3, 0.4) is 0 Å². The van der Waals surface area contributed by atoms with E-state index < -0.39 is 11.9 Å². The van der Waals surface area contributed by atoms with Crippen LogP contribution < -0.4 is 10.9 Å². The summed E-state index contributed by atoms with van der Waals surface area (Å²) in [5.41, 5.74) is 3.15. The van der Waals surface area contributed by atoms with Gasteiger partial charge in [0.25, 0.3) is 11.5 Å². The van der Waals surface area contributed by atoms with Gasteiger partial charge in [-0.05, 0) is 37.6 Å². The third-order valence-electron chi connectivity index (χ3n) is 4.65. The number of nitrogens with one attached hydrogen (secondary N) is 1. The monoisotopic (exact) mass is 393 g/mol. The number of rotatable bonds is 6. The van der Waals surface area contributed by atoms with Gasteiger partial charge in [-0.1, -0.05) is 29.8 Å². The van der Waals surface area contributed by atoms with E-state index in [9.17, 15) is 14.4 Å². The van der Waals surface area contributed by atoms with Crippen molar-refractivity contribution in [2.75, 3.05) is 11.9 Å². The molecule has 0 atom stereocenters. The van der Waals surface area contributed by atoms with Crippen molar-refractivity contribution in [2.45, 2.75) is 26.7 Å². The van der Waals surface area contributed by atoms with Gasteiger partial charge in [0.15, 0.2) is 6.61 Å². The van der Waals surface area contributed by atoms with Crippen LogP contribution in [0.2, 0.25) is 0 Å². The number of para-hydroxylation sites is 1. The third kappa shape index (κ3) is 4.87. The van der Waals surface area contributed by atoms with E-state index in [2.05, 4.69) is 10.3 Å². The molecule has 150 valence electrons. The Morgan fingerprint density at radius 3 is 2.66 bits per heavy atom. The van der Waals surface area contributed by atoms with Gasteiger partial charge in [0, 0.05) is 19.2 Å². The van der Waals surface area contributed by atoms with E-state index in [1.165, 1.54) is 4.57 Å². The summed E-state index contributed by atoms with van der Waals surface area (Å²) < 4.78 is 6.49. The van der Waals surface area contributed by atoms with Crippen LogP contribution in [0, 0.1) is 13.8 Å². The molecule has 0 unspecified atom stereocenters. The van der Waals surface area contributed by atoms with Gasteiger partial charge in [0.2, 0.25) is 0 Å². The second kappa shape index (κ2) is 8.68. The summed E-state index contributed by atoms with van der Waals surface area (Å²) in [4.78, 5) is 40.9. The maximum Gasteiger partial charge on any atom is 0.306 e. The fourth-order valence-electron chi connectivity index (χ4n) is 3.06. The zero-order valence-electron chi connectivity index (χ0n) is 16.7. The van der Waals surface area contributed by atoms with Crippen molar-refractivity contribution in [2.24, 2.45) is 7.05 Å². The summed E-state index contributed by atoms with van der Waals surface area (Å²) in [5.74, 6) is -0.435. The molecule has 0 fully saturated rings. The number of anilines is 1. The number of amides is 1. The minimum Gasteiger partial charge on any atom is -0.456 e. The number of hydrogen-bond acceptors (Lipinski definition) is 5. The number of fused-ring (bicyclic) bond motifs is 1. The standard InChI is InChI=1S/C22H23N3O4/c1-14-8-9-17(15(2)12-14)24-20(26)13-29-21(27)11-10-19-23-18-7-5-4-6-16(18)22(28)25(19)3/h4-9,12H,10-11,13H2,1-3H3,(H,24,26). The molecule has 29 heavy (non-hydrogen) atoms. The van der Waals surface area contributed by atoms with Crippen molar-refractivity contribution in [3.05, 3.63) is 69.8 Å². The first-order chi connectivity index (χ1) is 13.8. The molecule has 1 heterocycles. The first-order valence-electron chi connectivity index (χ1n) is 9.32. The van der Waals surface area contributed by atoms with Crippen molar-refractivity contribution in [1.29, 1.82) is 0 Å². The number of aromatic nitrogens is 2. The normalized spacial score (nSPS) is 10.7. The number of ether oxygens (including phenoxy) is 1. The number of esters is 1. The molecule has 0 radical (unpaired) electrons. The van der Waals surface area contributed by atoms with Crippen LogP contribution in [-0.2, 0) is 27.8 Å². The van der Waals surface area contributed by atoms with Crippen LogP contribution in [0.15, 0.2) is 47.3 Å². The summed E-state index contributed by atoms with van der Waals surface area (Å²) in [6.07, 6.45) is 0.267. The van der Waals surface area contributed by atoms with Crippen molar-refractivity contribution in [3.8, 4) is 0 Å². The summed E-state index contributed by atoms with van der Waals surface area (Å²) in [6.45, 7) is 3.51. The molecule has 3 rings (SSSR count). The molecule has 0 saturated heterocycles. The first kappa shape index (κ1) is 20.3. The maximum atomic E-state index is 12.4. The highest BCUT2D eigenvalue weighted by molar-refractivity contribution is 5.93. The van der Waals surface area contributed by atoms with Crippen LogP contribution in [0.25, 0.3) is 10.9 Å². The largest absolute Gasteiger partial charge is 0.456 e. The van der Waals surface area contributed by atoms with Crippen molar-refractivity contribution in [1.82, 2.24) is 9.55 Å². The number of benzene rings is 2. The fraction of sp³-hybridized carbons (Fsp3) is 0.273. The predicted octanol–water partition coefficient (Wildman–Crippen LogP) is 2.66. The Morgan fingerprint density at radius 1 is 1.14 bits per heavy atom. The van der Waals surface area contributed by atoms with Gasteiger partial charge in [-0.3, -0.25) is 19.0 Å². The summed E-state index contributed by atoms with van der Waals surface area (Å²) in [5, 5.41) is 3.26. The lowest BCUT2D eigenvalue weighted by Gasteiger charge is -2.10. The molecule has 0 bridgehead atoms. The molecule has 2 aromatic carbocycles. The van der Waals surface area contributed by atoms with Crippen molar-refractivity contribution in [3.63, 3.8) is 0 Å². The average Bonchev–Trinajstić information content (AvgIpc) is 2.70. The average molecular weight is 393 g/mol. The van der Waals surface area contributed by atoms with E-state index in [0.29, 0.717) is 22.4 Å². The van der Waals surface area contributed by atoms with Gasteiger partial charge in [0.1, 0.15) is 5.82 Å². The zero-order chi connectivity index (χ0) is 21.0. The van der Waals surface area contributed by atoms with Crippen LogP contribution in [0.1, 0.15) is 23.4 Å². The van der Waals surface area contributed by atoms with Crippen molar-refractivity contribution >= 4 is 28.5 Å². The van der Waals surface area contributed by atoms with Gasteiger partial charge in [-0.2, -0.15) is 0 Å². The highest BCUT2D eigenvalue weighted by atomic mass is 16.5. The summed E-state index contributed by atoms with van der Waals surface area (Å²) >= 11 is 0. The zero-order valence-corrected chi connectivity index (χ0v) is 16.7. The lowest BCUT2D eigenvalue weighted by atomic mass is 10.1. The van der Waals surface area contributed by atoms with E-state index in [0.717, 1.165) is 11.1 Å². The van der Waals surface area contributed by atoms with Gasteiger partial charge in [-0.15, -0.1) is 0 Å². The first-order valence-corrected chi connectivity index (χ1v) is 9.32. The molecular weight excluding hydrogens is 370 g/mol. The summed E-state index contributed by atoms with van der Waals surface area (Å²) in [6, 6.07) is 12.7. The van der Waals surface area contributed by atoms with E-state index in [-0.39, 0.29) is 25.0 Å². The number of nitrogens with zero attached hydrogens (tertiary/aromatic N) is 2. The lowest BCUT2D eigenvalue weighted by Crippen LogP contribution is -2.24. The van der Waals surface area contributed by atoms with E-state index in [1.807, 2.05) is 32.0 Å². The molecule has 0 spiro atoms. The Morgan fingerprint density at radius 2 is 1.90 bits per heavy atom. The van der Waals surface area contributed by atoms with Gasteiger partial charge in [-0.25, -0.2) is 4.98 Å². The number of carbonyl (C=O) groups excluding carboxylic acids is 2. The number of aryl methyl sites for hydroxylation is 3. The Balaban J connectivity index is 1.55. The maximum absolute atomic E-state index is 12.4. The summed E-state index contributed by atoms with van der Waals surface area (Å²) in [7, 11) is 1.62. The molecule has 7 nitrogen and oxygen atoms in total. The fourth-order valence-corrected chi connectivity index (χ4v) is 3.06.